The summed E-state index contributed by atoms with van der Waals surface area (Å²) in [7, 11) is 1.43. The van der Waals surface area contributed by atoms with Gasteiger partial charge in [-0.05, 0) is 30.3 Å². The van der Waals surface area contributed by atoms with Crippen molar-refractivity contribution in [3.05, 3.63) is 48.5 Å². The highest BCUT2D eigenvalue weighted by Crippen LogP contribution is 2.26. The first-order valence-electron chi connectivity index (χ1n) is 7.76. The Morgan fingerprint density at radius 3 is 2.80 bits per heavy atom. The van der Waals surface area contributed by atoms with Crippen LogP contribution in [-0.4, -0.2) is 38.6 Å². The van der Waals surface area contributed by atoms with Gasteiger partial charge in [0.15, 0.2) is 11.6 Å². The Labute approximate surface area is 142 Å². The summed E-state index contributed by atoms with van der Waals surface area (Å²) in [5.41, 5.74) is 3.41. The van der Waals surface area contributed by atoms with Crippen LogP contribution in [0.4, 0.5) is 4.39 Å². The SMILES string of the molecule is COc1ccc(-c2cnc3cc4nn(CCO)cc4cc3n2)cc1F. The third-order valence-electron chi connectivity index (χ3n) is 3.99. The number of methoxy groups -OCH3 is 1. The number of aromatic nitrogens is 4. The zero-order valence-corrected chi connectivity index (χ0v) is 13.5. The van der Waals surface area contributed by atoms with Crippen LogP contribution < -0.4 is 4.74 Å². The van der Waals surface area contributed by atoms with Crippen LogP contribution >= 0.6 is 0 Å². The van der Waals surface area contributed by atoms with Crippen molar-refractivity contribution in [1.82, 2.24) is 19.7 Å². The molecule has 126 valence electrons. The van der Waals surface area contributed by atoms with Crippen molar-refractivity contribution >= 4 is 21.9 Å². The molecule has 1 N–H and O–H groups in total. The van der Waals surface area contributed by atoms with Crippen molar-refractivity contribution in [2.24, 2.45) is 0 Å². The summed E-state index contributed by atoms with van der Waals surface area (Å²) in [4.78, 5) is 9.01. The average molecular weight is 338 g/mol. The highest BCUT2D eigenvalue weighted by molar-refractivity contribution is 5.93. The molecule has 25 heavy (non-hydrogen) atoms. The standard InChI is InChI=1S/C18H15FN4O2/c1-25-18-3-2-11(6-13(18)19)17-9-20-15-8-14-12(7-16(15)21-17)10-23(22-14)4-5-24/h2-3,6-10,24H,4-5H2,1H3. The molecular weight excluding hydrogens is 323 g/mol. The van der Waals surface area contributed by atoms with Gasteiger partial charge in [-0.2, -0.15) is 5.10 Å². The molecule has 0 atom stereocenters. The normalized spacial score (nSPS) is 11.3. The monoisotopic (exact) mass is 338 g/mol. The van der Waals surface area contributed by atoms with Crippen molar-refractivity contribution in [3.63, 3.8) is 0 Å². The quantitative estimate of drug-likeness (QED) is 0.619. The van der Waals surface area contributed by atoms with E-state index in [1.54, 1.807) is 23.0 Å². The summed E-state index contributed by atoms with van der Waals surface area (Å²) in [5.74, 6) is -0.252. The van der Waals surface area contributed by atoms with Gasteiger partial charge in [-0.3, -0.25) is 9.67 Å². The molecule has 0 fully saturated rings. The molecule has 0 aliphatic rings. The van der Waals surface area contributed by atoms with Gasteiger partial charge in [0.05, 0.1) is 48.7 Å². The van der Waals surface area contributed by atoms with E-state index >= 15 is 0 Å². The van der Waals surface area contributed by atoms with E-state index < -0.39 is 5.82 Å². The fourth-order valence-corrected chi connectivity index (χ4v) is 2.76. The number of rotatable bonds is 4. The molecule has 0 aliphatic heterocycles. The van der Waals surface area contributed by atoms with Gasteiger partial charge < -0.3 is 9.84 Å². The lowest BCUT2D eigenvalue weighted by Crippen LogP contribution is -2.01. The summed E-state index contributed by atoms with van der Waals surface area (Å²) in [6, 6.07) is 8.44. The molecule has 0 aliphatic carbocycles. The van der Waals surface area contributed by atoms with Crippen LogP contribution in [0.2, 0.25) is 0 Å². The minimum absolute atomic E-state index is 0.0250. The molecule has 4 aromatic rings. The lowest BCUT2D eigenvalue weighted by Gasteiger charge is -2.05. The molecule has 0 saturated carbocycles. The Morgan fingerprint density at radius 1 is 1.16 bits per heavy atom. The van der Waals surface area contributed by atoms with Gasteiger partial charge in [-0.15, -0.1) is 0 Å². The van der Waals surface area contributed by atoms with Crippen molar-refractivity contribution in [2.45, 2.75) is 6.54 Å². The number of nitrogens with zero attached hydrogens (tertiary/aromatic N) is 4. The first-order chi connectivity index (χ1) is 12.2. The Bertz CT molecular complexity index is 1080. The molecule has 4 rings (SSSR count). The first kappa shape index (κ1) is 15.5. The zero-order valence-electron chi connectivity index (χ0n) is 13.5. The number of ether oxygens (including phenoxy) is 1. The Balaban J connectivity index is 1.81. The molecule has 2 aromatic heterocycles. The summed E-state index contributed by atoms with van der Waals surface area (Å²) < 4.78 is 20.6. The van der Waals surface area contributed by atoms with E-state index in [-0.39, 0.29) is 12.4 Å². The second kappa shape index (κ2) is 6.10. The molecule has 0 bridgehead atoms. The molecule has 6 nitrogen and oxygen atoms in total. The van der Waals surface area contributed by atoms with Crippen LogP contribution in [0.3, 0.4) is 0 Å². The van der Waals surface area contributed by atoms with E-state index in [4.69, 9.17) is 9.84 Å². The van der Waals surface area contributed by atoms with E-state index in [1.807, 2.05) is 18.3 Å². The van der Waals surface area contributed by atoms with Crippen LogP contribution in [0.1, 0.15) is 0 Å². The van der Waals surface area contributed by atoms with Gasteiger partial charge >= 0.3 is 0 Å². The molecule has 2 heterocycles. The minimum atomic E-state index is -0.442. The van der Waals surface area contributed by atoms with Crippen molar-refractivity contribution < 1.29 is 14.2 Å². The minimum Gasteiger partial charge on any atom is -0.494 e. The molecule has 7 heteroatoms. The number of aliphatic hydroxyl groups excluding tert-OH is 1. The van der Waals surface area contributed by atoms with Crippen molar-refractivity contribution in [2.75, 3.05) is 13.7 Å². The molecule has 0 saturated heterocycles. The molecule has 0 spiro atoms. The van der Waals surface area contributed by atoms with Crippen LogP contribution in [-0.2, 0) is 6.54 Å². The fraction of sp³-hybridized carbons (Fsp3) is 0.167. The van der Waals surface area contributed by atoms with Crippen LogP contribution in [0.25, 0.3) is 33.2 Å². The topological polar surface area (TPSA) is 73.1 Å². The van der Waals surface area contributed by atoms with Gasteiger partial charge in [0.2, 0.25) is 0 Å². The summed E-state index contributed by atoms with van der Waals surface area (Å²) in [6.45, 7) is 0.458. The van der Waals surface area contributed by atoms with Crippen LogP contribution in [0, 0.1) is 5.82 Å². The number of benzene rings is 2. The second-order valence-electron chi connectivity index (χ2n) is 5.62. The number of fused-ring (bicyclic) bond motifs is 2. The van der Waals surface area contributed by atoms with Gasteiger partial charge in [0.1, 0.15) is 0 Å². The highest BCUT2D eigenvalue weighted by Gasteiger charge is 2.09. The van der Waals surface area contributed by atoms with Crippen LogP contribution in [0.5, 0.6) is 5.75 Å². The third-order valence-corrected chi connectivity index (χ3v) is 3.99. The average Bonchev–Trinajstić information content (AvgIpc) is 3.00. The predicted octanol–water partition coefficient (Wildman–Crippen LogP) is 2.79. The Hall–Kier alpha value is -3.06. The lowest BCUT2D eigenvalue weighted by molar-refractivity contribution is 0.270. The predicted molar refractivity (Wildman–Crippen MR) is 91.9 cm³/mol. The second-order valence-corrected chi connectivity index (χ2v) is 5.62. The van der Waals surface area contributed by atoms with E-state index in [9.17, 15) is 4.39 Å². The molecule has 0 amide bonds. The van der Waals surface area contributed by atoms with E-state index in [2.05, 4.69) is 15.1 Å². The molecule has 2 aromatic carbocycles. The number of halogens is 1. The first-order valence-corrected chi connectivity index (χ1v) is 7.76. The largest absolute Gasteiger partial charge is 0.494 e. The number of hydrogen-bond acceptors (Lipinski definition) is 5. The van der Waals surface area contributed by atoms with Gasteiger partial charge in [-0.25, -0.2) is 9.37 Å². The number of hydrogen-bond donors (Lipinski definition) is 1. The van der Waals surface area contributed by atoms with Crippen molar-refractivity contribution in [3.8, 4) is 17.0 Å². The van der Waals surface area contributed by atoms with E-state index in [0.717, 1.165) is 10.9 Å². The number of aliphatic hydroxyl groups is 1. The zero-order chi connectivity index (χ0) is 17.4. The lowest BCUT2D eigenvalue weighted by atomic mass is 10.1. The third kappa shape index (κ3) is 2.78. The molecule has 0 radical (unpaired) electrons. The Morgan fingerprint density at radius 2 is 2.04 bits per heavy atom. The maximum absolute atomic E-state index is 13.9. The highest BCUT2D eigenvalue weighted by atomic mass is 19.1. The van der Waals surface area contributed by atoms with E-state index in [0.29, 0.717) is 28.8 Å². The smallest absolute Gasteiger partial charge is 0.165 e. The summed E-state index contributed by atoms with van der Waals surface area (Å²) in [6.07, 6.45) is 3.46. The molecular formula is C18H15FN4O2. The van der Waals surface area contributed by atoms with Gasteiger partial charge in [-0.1, -0.05) is 0 Å². The van der Waals surface area contributed by atoms with Gasteiger partial charge in [0, 0.05) is 17.1 Å². The fourth-order valence-electron chi connectivity index (χ4n) is 2.76. The van der Waals surface area contributed by atoms with Gasteiger partial charge in [0.25, 0.3) is 0 Å². The van der Waals surface area contributed by atoms with Crippen molar-refractivity contribution in [1.29, 1.82) is 0 Å². The maximum Gasteiger partial charge on any atom is 0.165 e. The molecule has 0 unspecified atom stereocenters. The Kier molecular flexibility index (Phi) is 3.77. The summed E-state index contributed by atoms with van der Waals surface area (Å²) in [5, 5.41) is 14.3. The maximum atomic E-state index is 13.9. The summed E-state index contributed by atoms with van der Waals surface area (Å²) >= 11 is 0. The van der Waals surface area contributed by atoms with Crippen LogP contribution in [0.15, 0.2) is 42.7 Å². The van der Waals surface area contributed by atoms with E-state index in [1.165, 1.54) is 13.2 Å².